The van der Waals surface area contributed by atoms with E-state index in [9.17, 15) is 4.79 Å². The molecule has 0 bridgehead atoms. The highest BCUT2D eigenvalue weighted by atomic mass is 32.1. The molecule has 0 amide bonds. The maximum atomic E-state index is 12.7. The molecule has 5 nitrogen and oxygen atoms in total. The molecule has 2 aromatic carbocycles. The van der Waals surface area contributed by atoms with Crippen LogP contribution in [0.2, 0.25) is 0 Å². The summed E-state index contributed by atoms with van der Waals surface area (Å²) in [4.78, 5) is 17.8. The van der Waals surface area contributed by atoms with E-state index in [1.54, 1.807) is 6.08 Å². The van der Waals surface area contributed by atoms with E-state index >= 15 is 0 Å². The standard InChI is InChI=1S/C22H15N3O2S/c26-21-19(14-17-11-12-18(27-17)16-9-5-2-6-10-16)28-22-23-20(24-25(21)22)13-15-7-3-1-4-8-15/h1-12,14H,13H2/b19-14+. The monoisotopic (exact) mass is 385 g/mol. The summed E-state index contributed by atoms with van der Waals surface area (Å²) in [7, 11) is 0. The van der Waals surface area contributed by atoms with E-state index in [4.69, 9.17) is 4.42 Å². The van der Waals surface area contributed by atoms with Crippen LogP contribution in [0.3, 0.4) is 0 Å². The normalized spacial score (nSPS) is 12.1. The minimum absolute atomic E-state index is 0.176. The van der Waals surface area contributed by atoms with Crippen molar-refractivity contribution in [3.05, 3.63) is 105 Å². The Morgan fingerprint density at radius 1 is 0.964 bits per heavy atom. The molecule has 0 N–H and O–H groups in total. The number of furan rings is 1. The van der Waals surface area contributed by atoms with Crippen molar-refractivity contribution in [2.45, 2.75) is 6.42 Å². The molecule has 0 spiro atoms. The van der Waals surface area contributed by atoms with Gasteiger partial charge in [0.25, 0.3) is 5.56 Å². The summed E-state index contributed by atoms with van der Waals surface area (Å²) in [5, 5.41) is 4.38. The lowest BCUT2D eigenvalue weighted by atomic mass is 10.1. The molecule has 136 valence electrons. The first-order valence-electron chi connectivity index (χ1n) is 8.86. The molecule has 3 heterocycles. The van der Waals surface area contributed by atoms with Gasteiger partial charge in [-0.15, -0.1) is 5.10 Å². The van der Waals surface area contributed by atoms with E-state index in [1.165, 1.54) is 15.9 Å². The molecular formula is C22H15N3O2S. The third kappa shape index (κ3) is 3.14. The fourth-order valence-electron chi connectivity index (χ4n) is 3.04. The summed E-state index contributed by atoms with van der Waals surface area (Å²) in [6, 6.07) is 23.6. The second-order valence-corrected chi connectivity index (χ2v) is 7.38. The lowest BCUT2D eigenvalue weighted by Crippen LogP contribution is -2.23. The summed E-state index contributed by atoms with van der Waals surface area (Å²) in [6.45, 7) is 0. The zero-order valence-electron chi connectivity index (χ0n) is 14.8. The number of fused-ring (bicyclic) bond motifs is 1. The molecule has 6 heteroatoms. The molecule has 0 unspecified atom stereocenters. The summed E-state index contributed by atoms with van der Waals surface area (Å²) < 4.78 is 7.79. The topological polar surface area (TPSA) is 60.4 Å². The Kier molecular flexibility index (Phi) is 4.10. The molecule has 0 radical (unpaired) electrons. The van der Waals surface area contributed by atoms with Gasteiger partial charge in [0.05, 0.1) is 0 Å². The number of rotatable bonds is 4. The quantitative estimate of drug-likeness (QED) is 0.475. The predicted octanol–water partition coefficient (Wildman–Crippen LogP) is 3.55. The Bertz CT molecular complexity index is 1350. The average molecular weight is 385 g/mol. The maximum Gasteiger partial charge on any atom is 0.291 e. The van der Waals surface area contributed by atoms with E-state index < -0.39 is 0 Å². The lowest BCUT2D eigenvalue weighted by molar-refractivity contribution is 0.571. The molecule has 0 fully saturated rings. The van der Waals surface area contributed by atoms with Crippen molar-refractivity contribution >= 4 is 22.4 Å². The van der Waals surface area contributed by atoms with Crippen molar-refractivity contribution in [2.75, 3.05) is 0 Å². The van der Waals surface area contributed by atoms with Gasteiger partial charge in [0.2, 0.25) is 4.96 Å². The van der Waals surface area contributed by atoms with Crippen LogP contribution in [0.5, 0.6) is 0 Å². The van der Waals surface area contributed by atoms with Crippen molar-refractivity contribution in [3.63, 3.8) is 0 Å². The van der Waals surface area contributed by atoms with Gasteiger partial charge in [0, 0.05) is 18.1 Å². The highest BCUT2D eigenvalue weighted by Crippen LogP contribution is 2.22. The van der Waals surface area contributed by atoms with Crippen LogP contribution >= 0.6 is 11.3 Å². The molecule has 0 saturated heterocycles. The predicted molar refractivity (Wildman–Crippen MR) is 109 cm³/mol. The molecule has 0 aliphatic heterocycles. The van der Waals surface area contributed by atoms with Crippen molar-refractivity contribution < 1.29 is 4.42 Å². The molecule has 28 heavy (non-hydrogen) atoms. The molecular weight excluding hydrogens is 370 g/mol. The van der Waals surface area contributed by atoms with E-state index in [1.807, 2.05) is 72.8 Å². The van der Waals surface area contributed by atoms with Crippen molar-refractivity contribution in [1.82, 2.24) is 14.6 Å². The van der Waals surface area contributed by atoms with Crippen LogP contribution in [0.1, 0.15) is 17.1 Å². The van der Waals surface area contributed by atoms with Gasteiger partial charge < -0.3 is 4.42 Å². The summed E-state index contributed by atoms with van der Waals surface area (Å²) in [5.74, 6) is 2.04. The van der Waals surface area contributed by atoms with Crippen molar-refractivity contribution in [2.24, 2.45) is 0 Å². The average Bonchev–Trinajstić information content (AvgIpc) is 3.42. The molecule has 0 atom stereocenters. The highest BCUT2D eigenvalue weighted by molar-refractivity contribution is 7.15. The Hall–Kier alpha value is -3.51. The van der Waals surface area contributed by atoms with Crippen molar-refractivity contribution in [1.29, 1.82) is 0 Å². The first-order valence-corrected chi connectivity index (χ1v) is 9.67. The van der Waals surface area contributed by atoms with Gasteiger partial charge in [0.15, 0.2) is 5.82 Å². The molecule has 5 rings (SSSR count). The van der Waals surface area contributed by atoms with E-state index in [0.717, 1.165) is 16.9 Å². The smallest absolute Gasteiger partial charge is 0.291 e. The molecule has 3 aromatic heterocycles. The first kappa shape index (κ1) is 16.6. The molecule has 0 aliphatic rings. The zero-order valence-corrected chi connectivity index (χ0v) is 15.6. The van der Waals surface area contributed by atoms with E-state index in [2.05, 4.69) is 10.1 Å². The Labute approximate surface area is 164 Å². The van der Waals surface area contributed by atoms with E-state index in [0.29, 0.717) is 27.5 Å². The van der Waals surface area contributed by atoms with Gasteiger partial charge in [-0.2, -0.15) is 4.52 Å². The van der Waals surface area contributed by atoms with Crippen LogP contribution in [0.25, 0.3) is 22.4 Å². The summed E-state index contributed by atoms with van der Waals surface area (Å²) >= 11 is 1.32. The number of hydrogen-bond acceptors (Lipinski definition) is 5. The fourth-order valence-corrected chi connectivity index (χ4v) is 3.95. The molecule has 0 saturated carbocycles. The first-order chi connectivity index (χ1) is 13.8. The molecule has 0 aliphatic carbocycles. The SMILES string of the molecule is O=c1/c(=C\c2ccc(-c3ccccc3)o2)sc2nc(Cc3ccccc3)nn12. The Morgan fingerprint density at radius 2 is 1.71 bits per heavy atom. The van der Waals surface area contributed by atoms with Gasteiger partial charge in [-0.3, -0.25) is 4.79 Å². The van der Waals surface area contributed by atoms with Crippen LogP contribution in [0.4, 0.5) is 0 Å². The van der Waals surface area contributed by atoms with Gasteiger partial charge in [0.1, 0.15) is 16.1 Å². The van der Waals surface area contributed by atoms with Crippen LogP contribution in [-0.2, 0) is 6.42 Å². The number of thiazole rings is 1. The van der Waals surface area contributed by atoms with E-state index in [-0.39, 0.29) is 5.56 Å². The largest absolute Gasteiger partial charge is 0.457 e. The minimum atomic E-state index is -0.176. The number of aromatic nitrogens is 3. The third-order valence-corrected chi connectivity index (χ3v) is 5.35. The Balaban J connectivity index is 1.47. The van der Waals surface area contributed by atoms with Gasteiger partial charge >= 0.3 is 0 Å². The number of hydrogen-bond donors (Lipinski definition) is 0. The molecule has 5 aromatic rings. The second kappa shape index (κ2) is 6.90. The van der Waals surface area contributed by atoms with Gasteiger partial charge in [-0.1, -0.05) is 72.0 Å². The van der Waals surface area contributed by atoms with Crippen LogP contribution in [-0.4, -0.2) is 14.6 Å². The summed E-state index contributed by atoms with van der Waals surface area (Å²) in [6.07, 6.45) is 2.35. The van der Waals surface area contributed by atoms with Crippen LogP contribution < -0.4 is 10.1 Å². The van der Waals surface area contributed by atoms with Crippen LogP contribution in [0, 0.1) is 0 Å². The van der Waals surface area contributed by atoms with Crippen molar-refractivity contribution in [3.8, 4) is 11.3 Å². The maximum absolute atomic E-state index is 12.7. The lowest BCUT2D eigenvalue weighted by Gasteiger charge is -1.94. The Morgan fingerprint density at radius 3 is 2.46 bits per heavy atom. The third-order valence-electron chi connectivity index (χ3n) is 4.39. The minimum Gasteiger partial charge on any atom is -0.457 e. The highest BCUT2D eigenvalue weighted by Gasteiger charge is 2.11. The summed E-state index contributed by atoms with van der Waals surface area (Å²) in [5.41, 5.74) is 1.94. The second-order valence-electron chi connectivity index (χ2n) is 6.37. The number of nitrogens with zero attached hydrogens (tertiary/aromatic N) is 3. The van der Waals surface area contributed by atoms with Crippen LogP contribution in [0.15, 0.2) is 82.0 Å². The fraction of sp³-hybridized carbons (Fsp3) is 0.0455. The number of benzene rings is 2. The van der Waals surface area contributed by atoms with Gasteiger partial charge in [-0.05, 0) is 17.7 Å². The zero-order chi connectivity index (χ0) is 18.9. The van der Waals surface area contributed by atoms with Gasteiger partial charge in [-0.25, -0.2) is 4.98 Å².